The molecular formula is C24H42O7S. The highest BCUT2D eigenvalue weighted by molar-refractivity contribution is 7.85. The van der Waals surface area contributed by atoms with E-state index in [0.29, 0.717) is 39.6 Å². The molecule has 0 aliphatic heterocycles. The first kappa shape index (κ1) is 28.8. The van der Waals surface area contributed by atoms with Gasteiger partial charge in [-0.05, 0) is 37.0 Å². The number of hydrogen-bond donors (Lipinski definition) is 1. The van der Waals surface area contributed by atoms with Crippen LogP contribution in [0.15, 0.2) is 24.3 Å². The van der Waals surface area contributed by atoms with E-state index in [2.05, 4.69) is 19.1 Å². The lowest BCUT2D eigenvalue weighted by molar-refractivity contribution is 0.00949. The lowest BCUT2D eigenvalue weighted by atomic mass is 10.0. The van der Waals surface area contributed by atoms with Crippen molar-refractivity contribution >= 4 is 10.1 Å². The molecule has 0 saturated carbocycles. The van der Waals surface area contributed by atoms with Gasteiger partial charge in [-0.15, -0.1) is 0 Å². The summed E-state index contributed by atoms with van der Waals surface area (Å²) >= 11 is 0. The van der Waals surface area contributed by atoms with Crippen molar-refractivity contribution in [2.75, 3.05) is 52.0 Å². The monoisotopic (exact) mass is 474 g/mol. The molecule has 0 atom stereocenters. The lowest BCUT2D eigenvalue weighted by Gasteiger charge is -2.09. The van der Waals surface area contributed by atoms with Gasteiger partial charge >= 0.3 is 0 Å². The molecule has 0 unspecified atom stereocenters. The fraction of sp³-hybridized carbons (Fsp3) is 0.750. The minimum absolute atomic E-state index is 0.268. The number of aryl methyl sites for hydroxylation is 1. The van der Waals surface area contributed by atoms with E-state index >= 15 is 0 Å². The van der Waals surface area contributed by atoms with Gasteiger partial charge in [0.25, 0.3) is 10.1 Å². The second-order valence-electron chi connectivity index (χ2n) is 7.84. The molecule has 8 heteroatoms. The number of ether oxygens (including phenoxy) is 4. The Kier molecular flexibility index (Phi) is 17.4. The van der Waals surface area contributed by atoms with Gasteiger partial charge in [0, 0.05) is 6.61 Å². The molecule has 1 aromatic rings. The molecular weight excluding hydrogens is 432 g/mol. The Hall–Kier alpha value is -1.19. The Labute approximate surface area is 194 Å². The minimum atomic E-state index is -3.90. The average Bonchev–Trinajstić information content (AvgIpc) is 2.76. The number of hydrogen-bond acceptors (Lipinski definition) is 6. The number of rotatable bonds is 22. The summed E-state index contributed by atoms with van der Waals surface area (Å²) in [5, 5.41) is 0. The van der Waals surface area contributed by atoms with Crippen LogP contribution in [0.25, 0.3) is 0 Å². The zero-order valence-electron chi connectivity index (χ0n) is 19.6. The van der Waals surface area contributed by atoms with Crippen LogP contribution < -0.4 is 4.74 Å². The third-order valence-corrected chi connectivity index (χ3v) is 5.73. The zero-order chi connectivity index (χ0) is 23.3. The highest BCUT2D eigenvalue weighted by atomic mass is 32.2. The van der Waals surface area contributed by atoms with Crippen LogP contribution in [-0.2, 0) is 30.7 Å². The normalized spacial score (nSPS) is 11.7. The molecule has 0 aliphatic rings. The highest BCUT2D eigenvalue weighted by Crippen LogP contribution is 2.15. The summed E-state index contributed by atoms with van der Waals surface area (Å²) in [5.41, 5.74) is 1.36. The maximum absolute atomic E-state index is 10.5. The topological polar surface area (TPSA) is 91.3 Å². The molecule has 1 aromatic carbocycles. The standard InChI is InChI=1S/C24H42O7S/c1-2-3-4-5-6-7-8-10-23-11-13-24(14-12-23)31-21-20-30-19-18-29-17-16-28-15-9-22-32(25,26)27/h11-14H,2-10,15-22H2,1H3,(H,25,26,27). The first-order chi connectivity index (χ1) is 15.5. The maximum Gasteiger partial charge on any atom is 0.264 e. The van der Waals surface area contributed by atoms with Gasteiger partial charge in [0.2, 0.25) is 0 Å². The zero-order valence-corrected chi connectivity index (χ0v) is 20.5. The summed E-state index contributed by atoms with van der Waals surface area (Å²) in [6.07, 6.45) is 10.7. The number of benzene rings is 1. The SMILES string of the molecule is CCCCCCCCCc1ccc(OCCOCCOCCOCCCS(=O)(=O)O)cc1. The molecule has 0 bridgehead atoms. The van der Waals surface area contributed by atoms with Crippen molar-refractivity contribution in [2.45, 2.75) is 64.7 Å². The quantitative estimate of drug-likeness (QED) is 0.193. The van der Waals surface area contributed by atoms with Gasteiger partial charge in [0.1, 0.15) is 12.4 Å². The van der Waals surface area contributed by atoms with Crippen molar-refractivity contribution in [1.82, 2.24) is 0 Å². The largest absolute Gasteiger partial charge is 0.491 e. The second-order valence-corrected chi connectivity index (χ2v) is 9.41. The highest BCUT2D eigenvalue weighted by Gasteiger charge is 2.03. The lowest BCUT2D eigenvalue weighted by Crippen LogP contribution is -2.13. The van der Waals surface area contributed by atoms with Crippen LogP contribution in [0.1, 0.15) is 63.9 Å². The fourth-order valence-corrected chi connectivity index (χ4v) is 3.62. The first-order valence-corrected chi connectivity index (χ1v) is 13.5. The van der Waals surface area contributed by atoms with Crippen LogP contribution in [0.5, 0.6) is 5.75 Å². The smallest absolute Gasteiger partial charge is 0.264 e. The van der Waals surface area contributed by atoms with Crippen molar-refractivity contribution in [2.24, 2.45) is 0 Å². The molecule has 1 N–H and O–H groups in total. The van der Waals surface area contributed by atoms with Crippen LogP contribution in [0.2, 0.25) is 0 Å². The summed E-state index contributed by atoms with van der Waals surface area (Å²) in [7, 11) is -3.90. The van der Waals surface area contributed by atoms with Gasteiger partial charge in [-0.3, -0.25) is 4.55 Å². The summed E-state index contributed by atoms with van der Waals surface area (Å²) in [5.74, 6) is 0.576. The van der Waals surface area contributed by atoms with Crippen molar-refractivity contribution in [1.29, 1.82) is 0 Å². The summed E-state index contributed by atoms with van der Waals surface area (Å²) in [4.78, 5) is 0. The Morgan fingerprint density at radius 1 is 0.688 bits per heavy atom. The van der Waals surface area contributed by atoms with Gasteiger partial charge in [0.05, 0.1) is 38.8 Å². The predicted molar refractivity (Wildman–Crippen MR) is 127 cm³/mol. The van der Waals surface area contributed by atoms with Crippen molar-refractivity contribution in [3.05, 3.63) is 29.8 Å². The van der Waals surface area contributed by atoms with E-state index < -0.39 is 10.1 Å². The van der Waals surface area contributed by atoms with Crippen LogP contribution in [0.4, 0.5) is 0 Å². The summed E-state index contributed by atoms with van der Waals surface area (Å²) in [6, 6.07) is 8.34. The Balaban J connectivity index is 1.89. The molecule has 0 heterocycles. The first-order valence-electron chi connectivity index (χ1n) is 11.9. The molecule has 1 rings (SSSR count). The van der Waals surface area contributed by atoms with Gasteiger partial charge < -0.3 is 18.9 Å². The Bertz CT molecular complexity index is 647. The van der Waals surface area contributed by atoms with Crippen molar-refractivity contribution in [3.8, 4) is 5.75 Å². The average molecular weight is 475 g/mol. The molecule has 0 amide bonds. The Morgan fingerprint density at radius 3 is 1.81 bits per heavy atom. The molecule has 0 spiro atoms. The Morgan fingerprint density at radius 2 is 1.22 bits per heavy atom. The van der Waals surface area contributed by atoms with E-state index in [9.17, 15) is 8.42 Å². The third-order valence-electron chi connectivity index (χ3n) is 4.92. The van der Waals surface area contributed by atoms with E-state index in [1.54, 1.807) is 0 Å². The van der Waals surface area contributed by atoms with Crippen LogP contribution in [-0.4, -0.2) is 65.0 Å². The minimum Gasteiger partial charge on any atom is -0.491 e. The third kappa shape index (κ3) is 18.4. The van der Waals surface area contributed by atoms with Crippen molar-refractivity contribution < 1.29 is 31.9 Å². The van der Waals surface area contributed by atoms with E-state index in [0.717, 1.165) is 12.2 Å². The second kappa shape index (κ2) is 19.3. The molecule has 7 nitrogen and oxygen atoms in total. The summed E-state index contributed by atoms with van der Waals surface area (Å²) in [6.45, 7) is 5.24. The van der Waals surface area contributed by atoms with Crippen LogP contribution in [0, 0.1) is 0 Å². The maximum atomic E-state index is 10.5. The predicted octanol–water partition coefficient (Wildman–Crippen LogP) is 4.69. The van der Waals surface area contributed by atoms with Crippen LogP contribution >= 0.6 is 0 Å². The van der Waals surface area contributed by atoms with E-state index in [1.807, 2.05) is 12.1 Å². The van der Waals surface area contributed by atoms with Gasteiger partial charge in [-0.25, -0.2) is 0 Å². The molecule has 186 valence electrons. The van der Waals surface area contributed by atoms with Crippen LogP contribution in [0.3, 0.4) is 0 Å². The van der Waals surface area contributed by atoms with E-state index in [1.165, 1.54) is 50.5 Å². The van der Waals surface area contributed by atoms with Gasteiger partial charge in [-0.2, -0.15) is 8.42 Å². The van der Waals surface area contributed by atoms with Gasteiger partial charge in [-0.1, -0.05) is 57.6 Å². The molecule has 0 aliphatic carbocycles. The molecule has 32 heavy (non-hydrogen) atoms. The molecule has 0 fully saturated rings. The van der Waals surface area contributed by atoms with E-state index in [4.69, 9.17) is 23.5 Å². The summed E-state index contributed by atoms with van der Waals surface area (Å²) < 4.78 is 51.4. The number of unbranched alkanes of at least 4 members (excludes halogenated alkanes) is 6. The molecule has 0 saturated heterocycles. The van der Waals surface area contributed by atoms with E-state index in [-0.39, 0.29) is 18.8 Å². The van der Waals surface area contributed by atoms with Crippen molar-refractivity contribution in [3.63, 3.8) is 0 Å². The molecule has 0 radical (unpaired) electrons. The molecule has 0 aromatic heterocycles. The van der Waals surface area contributed by atoms with Gasteiger partial charge in [0.15, 0.2) is 0 Å². The fourth-order valence-electron chi connectivity index (χ4n) is 3.14.